The molecular weight excluding hydrogens is 308 g/mol. The van der Waals surface area contributed by atoms with Crippen LogP contribution in [0.25, 0.3) is 11.3 Å². The number of nitrogens with one attached hydrogen (secondary N) is 1. The van der Waals surface area contributed by atoms with E-state index in [4.69, 9.17) is 9.15 Å². The van der Waals surface area contributed by atoms with Gasteiger partial charge in [-0.2, -0.15) is 0 Å². The van der Waals surface area contributed by atoms with Crippen LogP contribution in [-0.4, -0.2) is 25.2 Å². The number of methoxy groups -OCH3 is 1. The Labute approximate surface area is 121 Å². The van der Waals surface area contributed by atoms with Gasteiger partial charge in [-0.1, -0.05) is 22.0 Å². The molecule has 2 rings (SSSR count). The van der Waals surface area contributed by atoms with E-state index in [0.717, 1.165) is 22.3 Å². The zero-order chi connectivity index (χ0) is 13.7. The highest BCUT2D eigenvalue weighted by atomic mass is 79.9. The normalized spacial score (nSPS) is 10.9. The molecule has 1 aromatic heterocycles. The van der Waals surface area contributed by atoms with Gasteiger partial charge in [-0.15, -0.1) is 0 Å². The molecule has 0 fully saturated rings. The van der Waals surface area contributed by atoms with Crippen LogP contribution in [0.1, 0.15) is 11.5 Å². The number of rotatable bonds is 6. The topological polar surface area (TPSA) is 47.3 Å². The summed E-state index contributed by atoms with van der Waals surface area (Å²) >= 11 is 3.47. The second-order valence-electron chi connectivity index (χ2n) is 4.25. The molecule has 4 nitrogen and oxygen atoms in total. The number of hydrogen-bond donors (Lipinski definition) is 1. The molecule has 19 heavy (non-hydrogen) atoms. The van der Waals surface area contributed by atoms with Crippen molar-refractivity contribution in [2.24, 2.45) is 0 Å². The van der Waals surface area contributed by atoms with Crippen molar-refractivity contribution in [1.82, 2.24) is 10.3 Å². The highest BCUT2D eigenvalue weighted by Crippen LogP contribution is 2.27. The van der Waals surface area contributed by atoms with Crippen molar-refractivity contribution >= 4 is 15.9 Å². The van der Waals surface area contributed by atoms with Gasteiger partial charge in [0.15, 0.2) is 5.76 Å². The molecule has 102 valence electrons. The van der Waals surface area contributed by atoms with Gasteiger partial charge in [0.2, 0.25) is 5.89 Å². The summed E-state index contributed by atoms with van der Waals surface area (Å²) in [6, 6.07) is 6.11. The molecule has 0 spiro atoms. The van der Waals surface area contributed by atoms with Crippen LogP contribution in [0.4, 0.5) is 0 Å². The zero-order valence-corrected chi connectivity index (χ0v) is 12.7. The number of aryl methyl sites for hydroxylation is 1. The van der Waals surface area contributed by atoms with Crippen molar-refractivity contribution in [3.8, 4) is 11.3 Å². The number of ether oxygens (including phenoxy) is 1. The average molecular weight is 325 g/mol. The quantitative estimate of drug-likeness (QED) is 0.829. The maximum absolute atomic E-state index is 5.75. The first-order chi connectivity index (χ1) is 9.20. The van der Waals surface area contributed by atoms with Crippen molar-refractivity contribution < 1.29 is 9.15 Å². The van der Waals surface area contributed by atoms with Crippen LogP contribution in [-0.2, 0) is 11.3 Å². The minimum atomic E-state index is 0.608. The van der Waals surface area contributed by atoms with Gasteiger partial charge >= 0.3 is 0 Å². The van der Waals surface area contributed by atoms with E-state index in [9.17, 15) is 0 Å². The Kier molecular flexibility index (Phi) is 5.13. The Hall–Kier alpha value is -1.17. The average Bonchev–Trinajstić information content (AvgIpc) is 2.86. The largest absolute Gasteiger partial charge is 0.439 e. The fourth-order valence-corrected chi connectivity index (χ4v) is 2.11. The molecule has 1 aromatic carbocycles. The predicted octanol–water partition coefficient (Wildman–Crippen LogP) is 3.15. The maximum Gasteiger partial charge on any atom is 0.208 e. The highest BCUT2D eigenvalue weighted by molar-refractivity contribution is 9.10. The van der Waals surface area contributed by atoms with Crippen molar-refractivity contribution in [3.05, 3.63) is 40.3 Å². The van der Waals surface area contributed by atoms with Crippen molar-refractivity contribution in [1.29, 1.82) is 0 Å². The van der Waals surface area contributed by atoms with Crippen molar-refractivity contribution in [2.75, 3.05) is 20.3 Å². The van der Waals surface area contributed by atoms with Gasteiger partial charge in [-0.3, -0.25) is 0 Å². The summed E-state index contributed by atoms with van der Waals surface area (Å²) in [6.45, 7) is 4.12. The number of oxazole rings is 1. The van der Waals surface area contributed by atoms with Gasteiger partial charge in [-0.25, -0.2) is 4.98 Å². The Bertz CT molecular complexity index is 540. The van der Waals surface area contributed by atoms with Gasteiger partial charge in [0.1, 0.15) is 0 Å². The monoisotopic (exact) mass is 324 g/mol. The second-order valence-corrected chi connectivity index (χ2v) is 5.16. The third-order valence-electron chi connectivity index (χ3n) is 2.78. The molecule has 2 aromatic rings. The van der Waals surface area contributed by atoms with Crippen LogP contribution in [0.2, 0.25) is 0 Å². The Morgan fingerprint density at radius 1 is 1.42 bits per heavy atom. The van der Waals surface area contributed by atoms with Crippen LogP contribution < -0.4 is 5.32 Å². The highest BCUT2D eigenvalue weighted by Gasteiger charge is 2.09. The Balaban J connectivity index is 2.06. The van der Waals surface area contributed by atoms with Crippen molar-refractivity contribution in [3.63, 3.8) is 0 Å². The van der Waals surface area contributed by atoms with E-state index in [1.54, 1.807) is 13.3 Å². The number of halogens is 1. The Morgan fingerprint density at radius 3 is 3.05 bits per heavy atom. The van der Waals surface area contributed by atoms with Crippen LogP contribution in [0, 0.1) is 6.92 Å². The summed E-state index contributed by atoms with van der Waals surface area (Å²) in [6.07, 6.45) is 1.77. The molecule has 0 unspecified atom stereocenters. The third-order valence-corrected chi connectivity index (χ3v) is 3.27. The molecule has 0 saturated heterocycles. The van der Waals surface area contributed by atoms with Gasteiger partial charge in [0.05, 0.1) is 19.3 Å². The standard InChI is InChI=1S/C14H17BrN2O2/c1-10-3-4-11(15)7-12(10)13-8-17-14(19-13)9-16-5-6-18-2/h3-4,7-8,16H,5-6,9H2,1-2H3. The molecule has 0 amide bonds. The van der Waals surface area contributed by atoms with E-state index < -0.39 is 0 Å². The van der Waals surface area contributed by atoms with E-state index >= 15 is 0 Å². The Morgan fingerprint density at radius 2 is 2.26 bits per heavy atom. The summed E-state index contributed by atoms with van der Waals surface area (Å²) in [5, 5.41) is 3.20. The number of nitrogens with zero attached hydrogens (tertiary/aromatic N) is 1. The van der Waals surface area contributed by atoms with E-state index in [1.165, 1.54) is 5.56 Å². The van der Waals surface area contributed by atoms with Crippen LogP contribution in [0.3, 0.4) is 0 Å². The molecule has 1 heterocycles. The van der Waals surface area contributed by atoms with Crippen molar-refractivity contribution in [2.45, 2.75) is 13.5 Å². The lowest BCUT2D eigenvalue weighted by molar-refractivity contribution is 0.198. The summed E-state index contributed by atoms with van der Waals surface area (Å²) in [5.74, 6) is 1.48. The molecule has 0 aliphatic carbocycles. The maximum atomic E-state index is 5.75. The minimum absolute atomic E-state index is 0.608. The molecule has 1 N–H and O–H groups in total. The summed E-state index contributed by atoms with van der Waals surface area (Å²) < 4.78 is 11.7. The van der Waals surface area contributed by atoms with Crippen LogP contribution in [0.15, 0.2) is 33.3 Å². The zero-order valence-electron chi connectivity index (χ0n) is 11.1. The van der Waals surface area contributed by atoms with E-state index in [-0.39, 0.29) is 0 Å². The van der Waals surface area contributed by atoms with E-state index in [1.807, 2.05) is 12.1 Å². The first-order valence-electron chi connectivity index (χ1n) is 6.11. The SMILES string of the molecule is COCCNCc1ncc(-c2cc(Br)ccc2C)o1. The molecule has 0 radical (unpaired) electrons. The predicted molar refractivity (Wildman–Crippen MR) is 78.0 cm³/mol. The molecule has 0 bridgehead atoms. The third kappa shape index (κ3) is 3.89. The minimum Gasteiger partial charge on any atom is -0.439 e. The van der Waals surface area contributed by atoms with Gasteiger partial charge < -0.3 is 14.5 Å². The lowest BCUT2D eigenvalue weighted by Crippen LogP contribution is -2.18. The van der Waals surface area contributed by atoms with Crippen LogP contribution in [0.5, 0.6) is 0 Å². The fraction of sp³-hybridized carbons (Fsp3) is 0.357. The van der Waals surface area contributed by atoms with Gasteiger partial charge in [0, 0.05) is 23.7 Å². The molecule has 0 aliphatic rings. The van der Waals surface area contributed by atoms with Gasteiger partial charge in [0.25, 0.3) is 0 Å². The fourth-order valence-electron chi connectivity index (χ4n) is 1.75. The number of hydrogen-bond acceptors (Lipinski definition) is 4. The van der Waals surface area contributed by atoms with Crippen LogP contribution >= 0.6 is 15.9 Å². The number of benzene rings is 1. The molecule has 0 saturated carbocycles. The molecular formula is C14H17BrN2O2. The molecule has 0 aliphatic heterocycles. The summed E-state index contributed by atoms with van der Waals surface area (Å²) in [5.41, 5.74) is 2.23. The lowest BCUT2D eigenvalue weighted by atomic mass is 10.1. The molecule has 0 atom stereocenters. The first-order valence-corrected chi connectivity index (χ1v) is 6.91. The summed E-state index contributed by atoms with van der Waals surface area (Å²) in [4.78, 5) is 4.28. The first kappa shape index (κ1) is 14.2. The summed E-state index contributed by atoms with van der Waals surface area (Å²) in [7, 11) is 1.68. The van der Waals surface area contributed by atoms with E-state index in [0.29, 0.717) is 19.0 Å². The lowest BCUT2D eigenvalue weighted by Gasteiger charge is -2.03. The van der Waals surface area contributed by atoms with E-state index in [2.05, 4.69) is 39.2 Å². The second kappa shape index (κ2) is 6.84. The number of aromatic nitrogens is 1. The van der Waals surface area contributed by atoms with Gasteiger partial charge in [-0.05, 0) is 24.6 Å². The smallest absolute Gasteiger partial charge is 0.208 e. The molecule has 5 heteroatoms.